The summed E-state index contributed by atoms with van der Waals surface area (Å²) < 4.78 is 4.24. The zero-order valence-electron chi connectivity index (χ0n) is 23.4. The third-order valence-corrected chi connectivity index (χ3v) is 6.34. The number of hydrogen-bond acceptors (Lipinski definition) is 6. The number of halogens is 1. The molecule has 6 rings (SSSR count). The maximum atomic E-state index is 4.47. The first-order valence-corrected chi connectivity index (χ1v) is 12.9. The molecule has 5 aromatic rings. The van der Waals surface area contributed by atoms with Gasteiger partial charge in [0, 0.05) is 32.5 Å². The Labute approximate surface area is 263 Å². The topological polar surface area (TPSA) is 66.9 Å². The van der Waals surface area contributed by atoms with Gasteiger partial charge in [0.25, 0.3) is 5.65 Å². The van der Waals surface area contributed by atoms with Crippen molar-refractivity contribution >= 4 is 28.6 Å². The zero-order valence-corrected chi connectivity index (χ0v) is 26.6. The molecule has 10 heteroatoms. The Hall–Kier alpha value is -3.39. The molecule has 0 amide bonds. The quantitative estimate of drug-likeness (QED) is 0.208. The summed E-state index contributed by atoms with van der Waals surface area (Å²) in [7, 11) is 0. The molecule has 0 unspecified atom stereocenters. The van der Waals surface area contributed by atoms with Gasteiger partial charge in [0.2, 0.25) is 0 Å². The van der Waals surface area contributed by atoms with Gasteiger partial charge in [-0.1, -0.05) is 26.5 Å². The molecular weight excluding hydrogens is 712 g/mol. The number of rotatable bonds is 4. The van der Waals surface area contributed by atoms with Crippen molar-refractivity contribution in [3.63, 3.8) is 0 Å². The third-order valence-electron chi connectivity index (χ3n) is 6.34. The molecule has 2 aromatic carbocycles. The van der Waals surface area contributed by atoms with Crippen LogP contribution >= 0.6 is 0 Å². The Kier molecular flexibility index (Phi) is 11.9. The van der Waals surface area contributed by atoms with Crippen molar-refractivity contribution in [3.05, 3.63) is 97.4 Å². The fourth-order valence-electron chi connectivity index (χ4n) is 4.42. The largest absolute Gasteiger partial charge is 1.00 e. The van der Waals surface area contributed by atoms with E-state index in [1.807, 2.05) is 23.7 Å². The van der Waals surface area contributed by atoms with Crippen LogP contribution in [-0.4, -0.2) is 30.5 Å². The molecule has 0 saturated carbocycles. The van der Waals surface area contributed by atoms with E-state index in [0.717, 1.165) is 34.3 Å². The predicted molar refractivity (Wildman–Crippen MR) is 157 cm³/mol. The molecule has 0 spiro atoms. The summed E-state index contributed by atoms with van der Waals surface area (Å²) in [6.07, 6.45) is 9.00. The minimum absolute atomic E-state index is 0. The Morgan fingerprint density at radius 2 is 1.51 bits per heavy atom. The molecule has 0 bridgehead atoms. The van der Waals surface area contributed by atoms with Gasteiger partial charge in [0.15, 0.2) is 6.33 Å². The number of hydrogen-bond donors (Lipinski definition) is 0. The monoisotopic (exact) mass is 749 g/mol. The standard InChI is InChI=1S/C15H17N4.C15H16N4.CH4.ClH.Ir/c2*1-11(2)18-10-19(13-6-4-5-12(3)9-13)15-14(18)16-7-8-17-15;;;/h4-11H,1-3H3;4-5,7-11H,1-3H3;1H4;1H;/q+1;-2;;;/p-1. The average molecular weight is 749 g/mol. The summed E-state index contributed by atoms with van der Waals surface area (Å²) in [5, 5.41) is 0. The van der Waals surface area contributed by atoms with Crippen molar-refractivity contribution < 1.29 is 37.1 Å². The number of imidazole rings is 1. The molecule has 1 aliphatic rings. The second-order valence-electron chi connectivity index (χ2n) is 9.97. The smallest absolute Gasteiger partial charge is 0.322 e. The fraction of sp³-hybridized carbons (Fsp3) is 0.290. The van der Waals surface area contributed by atoms with E-state index in [2.05, 4.69) is 118 Å². The molecule has 0 fully saturated rings. The van der Waals surface area contributed by atoms with E-state index in [-0.39, 0.29) is 39.9 Å². The van der Waals surface area contributed by atoms with E-state index in [1.54, 1.807) is 24.8 Å². The van der Waals surface area contributed by atoms with Crippen molar-refractivity contribution in [1.29, 1.82) is 0 Å². The minimum Gasteiger partial charge on any atom is -1.00 e. The number of anilines is 3. The molecule has 8 nitrogen and oxygen atoms in total. The molecule has 0 aliphatic carbocycles. The van der Waals surface area contributed by atoms with Crippen LogP contribution in [-0.2, 0) is 20.1 Å². The number of benzene rings is 2. The van der Waals surface area contributed by atoms with Crippen molar-refractivity contribution in [1.82, 2.24) is 24.5 Å². The van der Waals surface area contributed by atoms with E-state index in [1.165, 1.54) is 11.1 Å². The maximum absolute atomic E-state index is 4.47. The Morgan fingerprint density at radius 1 is 0.854 bits per heavy atom. The van der Waals surface area contributed by atoms with Crippen molar-refractivity contribution in [2.24, 2.45) is 0 Å². The van der Waals surface area contributed by atoms with Crippen LogP contribution in [0.25, 0.3) is 17.0 Å². The third kappa shape index (κ3) is 7.10. The summed E-state index contributed by atoms with van der Waals surface area (Å²) in [6.45, 7) is 14.8. The second kappa shape index (κ2) is 14.5. The maximum Gasteiger partial charge on any atom is 0.322 e. The second-order valence-corrected chi connectivity index (χ2v) is 9.97. The fourth-order valence-corrected chi connectivity index (χ4v) is 4.42. The molecule has 3 aromatic heterocycles. The molecule has 41 heavy (non-hydrogen) atoms. The van der Waals surface area contributed by atoms with E-state index in [0.29, 0.717) is 12.1 Å². The molecule has 4 heterocycles. The normalized spacial score (nSPS) is 11.8. The van der Waals surface area contributed by atoms with Gasteiger partial charge in [-0.2, -0.15) is 23.8 Å². The summed E-state index contributed by atoms with van der Waals surface area (Å²) >= 11 is 0. The SMILES string of the molecule is C.Cc1cc[c-]c(N2[CH-]N(C(C)C)c3nccnc32)c1.Cc1cccc(-n2c[n+](C(C)C)c3nccnc32)c1.[Cl-].[Ir]. The van der Waals surface area contributed by atoms with E-state index in [4.69, 9.17) is 0 Å². The van der Waals surface area contributed by atoms with Crippen molar-refractivity contribution in [3.8, 4) is 5.69 Å². The van der Waals surface area contributed by atoms with Crippen LogP contribution in [0.1, 0.15) is 52.3 Å². The van der Waals surface area contributed by atoms with E-state index >= 15 is 0 Å². The van der Waals surface area contributed by atoms with Crippen LogP contribution in [0.5, 0.6) is 0 Å². The number of aryl methyl sites for hydroxylation is 2. The number of aromatic nitrogens is 6. The van der Waals surface area contributed by atoms with Gasteiger partial charge in [0.1, 0.15) is 23.5 Å². The van der Waals surface area contributed by atoms with Crippen molar-refractivity contribution in [2.75, 3.05) is 9.80 Å². The first-order valence-electron chi connectivity index (χ1n) is 12.9. The van der Waals surface area contributed by atoms with Gasteiger partial charge < -0.3 is 22.2 Å². The summed E-state index contributed by atoms with van der Waals surface area (Å²) in [5.74, 6) is 1.76. The Balaban J connectivity index is 0.000000267. The summed E-state index contributed by atoms with van der Waals surface area (Å²) in [5.41, 5.74) is 6.35. The van der Waals surface area contributed by atoms with Gasteiger partial charge in [-0.05, 0) is 58.4 Å². The number of nitrogens with zero attached hydrogens (tertiary/aromatic N) is 8. The molecule has 0 N–H and O–H groups in total. The summed E-state index contributed by atoms with van der Waals surface area (Å²) in [6, 6.07) is 18.4. The van der Waals surface area contributed by atoms with Gasteiger partial charge in [-0.25, -0.2) is 24.1 Å². The molecule has 0 saturated heterocycles. The van der Waals surface area contributed by atoms with Crippen LogP contribution in [0.3, 0.4) is 0 Å². The van der Waals surface area contributed by atoms with Crippen LogP contribution < -0.4 is 26.8 Å². The van der Waals surface area contributed by atoms with E-state index < -0.39 is 0 Å². The number of fused-ring (bicyclic) bond motifs is 2. The molecule has 1 radical (unpaired) electrons. The average Bonchev–Trinajstić information content (AvgIpc) is 3.49. The summed E-state index contributed by atoms with van der Waals surface area (Å²) in [4.78, 5) is 22.0. The first-order chi connectivity index (χ1) is 18.3. The van der Waals surface area contributed by atoms with E-state index in [9.17, 15) is 0 Å². The Bertz CT molecular complexity index is 1570. The predicted octanol–water partition coefficient (Wildman–Crippen LogP) is 3.31. The molecule has 1 aliphatic heterocycles. The molecular formula is C31H37ClIrN8-2. The zero-order chi connectivity index (χ0) is 26.8. The van der Waals surface area contributed by atoms with Crippen molar-refractivity contribution in [2.45, 2.75) is 61.1 Å². The van der Waals surface area contributed by atoms with Crippen LogP contribution in [0, 0.1) is 26.6 Å². The van der Waals surface area contributed by atoms with Gasteiger partial charge >= 0.3 is 5.65 Å². The van der Waals surface area contributed by atoms with Crippen LogP contribution in [0.15, 0.2) is 73.6 Å². The van der Waals surface area contributed by atoms with Crippen LogP contribution in [0.4, 0.5) is 17.3 Å². The van der Waals surface area contributed by atoms with Crippen LogP contribution in [0.2, 0.25) is 0 Å². The molecule has 219 valence electrons. The molecule has 0 atom stereocenters. The Morgan fingerprint density at radius 3 is 2.17 bits per heavy atom. The van der Waals surface area contributed by atoms with Gasteiger partial charge in [0.05, 0.1) is 12.2 Å². The first kappa shape index (κ1) is 33.8. The minimum atomic E-state index is 0. The van der Waals surface area contributed by atoms with Gasteiger partial charge in [-0.3, -0.25) is 0 Å². The van der Waals surface area contributed by atoms with Gasteiger partial charge in [-0.15, -0.1) is 23.4 Å².